The van der Waals surface area contributed by atoms with E-state index in [1.165, 1.54) is 0 Å². The van der Waals surface area contributed by atoms with Crippen molar-refractivity contribution >= 4 is 11.5 Å². The molecular formula is C11H18N4O. The molecule has 0 radical (unpaired) electrons. The fourth-order valence-corrected chi connectivity index (χ4v) is 1.40. The van der Waals surface area contributed by atoms with Gasteiger partial charge in [-0.05, 0) is 19.1 Å². The Balaban J connectivity index is 2.74. The number of nitrogens with zero attached hydrogens (tertiary/aromatic N) is 2. The van der Waals surface area contributed by atoms with Crippen molar-refractivity contribution in [3.63, 3.8) is 0 Å². The maximum absolute atomic E-state index is 7.25. The van der Waals surface area contributed by atoms with Crippen LogP contribution in [0.25, 0.3) is 0 Å². The minimum absolute atomic E-state index is 0.00788. The summed E-state index contributed by atoms with van der Waals surface area (Å²) in [5, 5.41) is 7.25. The monoisotopic (exact) mass is 222 g/mol. The van der Waals surface area contributed by atoms with Gasteiger partial charge in [-0.3, -0.25) is 10.4 Å². The molecule has 0 aliphatic carbocycles. The van der Waals surface area contributed by atoms with Gasteiger partial charge in [0.15, 0.2) is 0 Å². The number of nitrogens with two attached hydrogens (primary N) is 1. The molecule has 1 aromatic heterocycles. The van der Waals surface area contributed by atoms with E-state index in [1.54, 1.807) is 19.4 Å². The summed E-state index contributed by atoms with van der Waals surface area (Å²) in [4.78, 5) is 6.28. The van der Waals surface area contributed by atoms with Crippen LogP contribution >= 0.6 is 0 Å². The first-order valence-corrected chi connectivity index (χ1v) is 5.23. The molecule has 0 amide bonds. The maximum Gasteiger partial charge on any atom is 0.141 e. The number of hydrogen-bond donors (Lipinski definition) is 2. The van der Waals surface area contributed by atoms with E-state index in [-0.39, 0.29) is 5.84 Å². The highest BCUT2D eigenvalue weighted by molar-refractivity contribution is 5.93. The molecule has 1 heterocycles. The zero-order valence-electron chi connectivity index (χ0n) is 9.73. The van der Waals surface area contributed by atoms with Crippen LogP contribution in [0.15, 0.2) is 18.3 Å². The van der Waals surface area contributed by atoms with Crippen LogP contribution in [0.1, 0.15) is 12.6 Å². The average Bonchev–Trinajstić information content (AvgIpc) is 2.30. The Morgan fingerprint density at radius 2 is 2.31 bits per heavy atom. The quantitative estimate of drug-likeness (QED) is 0.552. The summed E-state index contributed by atoms with van der Waals surface area (Å²) in [7, 11) is 1.69. The summed E-state index contributed by atoms with van der Waals surface area (Å²) in [6, 6.07) is 3.68. The molecule has 1 aromatic rings. The second-order valence-electron chi connectivity index (χ2n) is 3.39. The number of likely N-dealkylation sites (N-methyl/N-ethyl adjacent to an activating group) is 1. The lowest BCUT2D eigenvalue weighted by molar-refractivity contribution is 0.205. The predicted molar refractivity (Wildman–Crippen MR) is 65.0 cm³/mol. The Kier molecular flexibility index (Phi) is 4.72. The summed E-state index contributed by atoms with van der Waals surface area (Å²) < 4.78 is 5.04. The van der Waals surface area contributed by atoms with Crippen LogP contribution in [0.5, 0.6) is 0 Å². The summed E-state index contributed by atoms with van der Waals surface area (Å²) in [6.45, 7) is 4.48. The van der Waals surface area contributed by atoms with Gasteiger partial charge in [0, 0.05) is 20.2 Å². The second-order valence-corrected chi connectivity index (χ2v) is 3.39. The van der Waals surface area contributed by atoms with Crippen molar-refractivity contribution in [1.82, 2.24) is 4.98 Å². The molecule has 88 valence electrons. The summed E-state index contributed by atoms with van der Waals surface area (Å²) >= 11 is 0. The number of anilines is 1. The van der Waals surface area contributed by atoms with E-state index in [9.17, 15) is 0 Å². The molecule has 0 aliphatic heterocycles. The Morgan fingerprint density at radius 1 is 1.56 bits per heavy atom. The minimum atomic E-state index is -0.00788. The van der Waals surface area contributed by atoms with Crippen LogP contribution in [-0.2, 0) is 4.74 Å². The van der Waals surface area contributed by atoms with Gasteiger partial charge in [0.2, 0.25) is 0 Å². The lowest BCUT2D eigenvalue weighted by atomic mass is 10.3. The molecule has 0 spiro atoms. The first kappa shape index (κ1) is 12.4. The third-order valence-corrected chi connectivity index (χ3v) is 2.34. The number of ether oxygens (including phenoxy) is 1. The highest BCUT2D eigenvalue weighted by atomic mass is 16.5. The SMILES string of the molecule is CCN(CCOC)c1ccc(C(=N)N)nc1. The van der Waals surface area contributed by atoms with Crippen molar-refractivity contribution < 1.29 is 4.74 Å². The van der Waals surface area contributed by atoms with Crippen LogP contribution in [0, 0.1) is 5.41 Å². The Hall–Kier alpha value is -1.62. The Labute approximate surface area is 95.7 Å². The van der Waals surface area contributed by atoms with Crippen LogP contribution < -0.4 is 10.6 Å². The van der Waals surface area contributed by atoms with E-state index in [4.69, 9.17) is 15.9 Å². The van der Waals surface area contributed by atoms with E-state index in [1.807, 2.05) is 6.07 Å². The van der Waals surface area contributed by atoms with E-state index in [0.29, 0.717) is 12.3 Å². The first-order valence-electron chi connectivity index (χ1n) is 5.23. The van der Waals surface area contributed by atoms with E-state index in [0.717, 1.165) is 18.8 Å². The van der Waals surface area contributed by atoms with Crippen molar-refractivity contribution in [2.75, 3.05) is 31.7 Å². The van der Waals surface area contributed by atoms with Gasteiger partial charge in [0.25, 0.3) is 0 Å². The molecule has 0 bridgehead atoms. The lowest BCUT2D eigenvalue weighted by Gasteiger charge is -2.22. The molecule has 5 heteroatoms. The van der Waals surface area contributed by atoms with Gasteiger partial charge in [0.05, 0.1) is 18.5 Å². The minimum Gasteiger partial charge on any atom is -0.383 e. The topological polar surface area (TPSA) is 75.2 Å². The fraction of sp³-hybridized carbons (Fsp3) is 0.455. The average molecular weight is 222 g/mol. The van der Waals surface area contributed by atoms with Crippen molar-refractivity contribution in [2.24, 2.45) is 5.73 Å². The Bertz CT molecular complexity index is 336. The molecule has 16 heavy (non-hydrogen) atoms. The number of rotatable bonds is 6. The fourth-order valence-electron chi connectivity index (χ4n) is 1.40. The van der Waals surface area contributed by atoms with Gasteiger partial charge < -0.3 is 15.4 Å². The number of nitrogens with one attached hydrogen (secondary N) is 1. The summed E-state index contributed by atoms with van der Waals surface area (Å²) in [5.74, 6) is -0.00788. The van der Waals surface area contributed by atoms with Crippen LogP contribution in [0.2, 0.25) is 0 Å². The third kappa shape index (κ3) is 3.20. The number of hydrogen-bond acceptors (Lipinski definition) is 4. The largest absolute Gasteiger partial charge is 0.383 e. The smallest absolute Gasteiger partial charge is 0.141 e. The molecule has 3 N–H and O–H groups in total. The number of aromatic nitrogens is 1. The van der Waals surface area contributed by atoms with Gasteiger partial charge >= 0.3 is 0 Å². The van der Waals surface area contributed by atoms with Crippen molar-refractivity contribution in [1.29, 1.82) is 5.41 Å². The molecule has 0 saturated heterocycles. The zero-order chi connectivity index (χ0) is 12.0. The molecule has 0 aromatic carbocycles. The molecule has 5 nitrogen and oxygen atoms in total. The molecule has 1 rings (SSSR count). The summed E-state index contributed by atoms with van der Waals surface area (Å²) in [6.07, 6.45) is 1.73. The zero-order valence-corrected chi connectivity index (χ0v) is 9.73. The van der Waals surface area contributed by atoms with Crippen LogP contribution in [-0.4, -0.2) is 37.6 Å². The number of methoxy groups -OCH3 is 1. The molecular weight excluding hydrogens is 204 g/mol. The maximum atomic E-state index is 7.25. The highest BCUT2D eigenvalue weighted by Crippen LogP contribution is 2.12. The molecule has 0 atom stereocenters. The van der Waals surface area contributed by atoms with E-state index >= 15 is 0 Å². The van der Waals surface area contributed by atoms with Gasteiger partial charge in [-0.15, -0.1) is 0 Å². The lowest BCUT2D eigenvalue weighted by Crippen LogP contribution is -2.27. The number of pyridine rings is 1. The highest BCUT2D eigenvalue weighted by Gasteiger charge is 2.05. The van der Waals surface area contributed by atoms with Crippen LogP contribution in [0.4, 0.5) is 5.69 Å². The van der Waals surface area contributed by atoms with Crippen molar-refractivity contribution in [3.05, 3.63) is 24.0 Å². The number of nitrogen functional groups attached to an aromatic ring is 1. The molecule has 0 saturated carbocycles. The predicted octanol–water partition coefficient (Wildman–Crippen LogP) is 0.838. The van der Waals surface area contributed by atoms with E-state index in [2.05, 4.69) is 16.8 Å². The van der Waals surface area contributed by atoms with Gasteiger partial charge in [-0.25, -0.2) is 0 Å². The molecule has 0 fully saturated rings. The summed E-state index contributed by atoms with van der Waals surface area (Å²) in [5.41, 5.74) is 6.86. The van der Waals surface area contributed by atoms with Crippen molar-refractivity contribution in [2.45, 2.75) is 6.92 Å². The van der Waals surface area contributed by atoms with E-state index < -0.39 is 0 Å². The Morgan fingerprint density at radius 3 is 2.75 bits per heavy atom. The third-order valence-electron chi connectivity index (χ3n) is 2.34. The van der Waals surface area contributed by atoms with Gasteiger partial charge in [0.1, 0.15) is 11.5 Å². The second kappa shape index (κ2) is 6.07. The molecule has 0 aliphatic rings. The van der Waals surface area contributed by atoms with Crippen molar-refractivity contribution in [3.8, 4) is 0 Å². The standard InChI is InChI=1S/C11H18N4O/c1-3-15(6-7-16-2)9-4-5-10(11(12)13)14-8-9/h4-5,8H,3,6-7H2,1-2H3,(H3,12,13). The van der Waals surface area contributed by atoms with Gasteiger partial charge in [-0.2, -0.15) is 0 Å². The van der Waals surface area contributed by atoms with Gasteiger partial charge in [-0.1, -0.05) is 0 Å². The first-order chi connectivity index (χ1) is 7.69. The number of amidine groups is 1. The normalized spacial score (nSPS) is 10.1. The molecule has 0 unspecified atom stereocenters. The van der Waals surface area contributed by atoms with Crippen LogP contribution in [0.3, 0.4) is 0 Å².